The molecule has 0 aliphatic carbocycles. The van der Waals surface area contributed by atoms with Gasteiger partial charge in [-0.25, -0.2) is 0 Å². The number of nitriles is 1. The highest BCUT2D eigenvalue weighted by Gasteiger charge is 2.33. The second-order valence-corrected chi connectivity index (χ2v) is 13.1. The molecule has 11 heteroatoms. The molecular weight excluding hydrogens is 582 g/mol. The van der Waals surface area contributed by atoms with E-state index in [0.717, 1.165) is 33.5 Å². The predicted molar refractivity (Wildman–Crippen MR) is 178 cm³/mol. The Kier molecular flexibility index (Phi) is 9.77. The molecule has 2 aliphatic heterocycles. The van der Waals surface area contributed by atoms with Gasteiger partial charge in [0, 0.05) is 55.4 Å². The third kappa shape index (κ3) is 7.23. The van der Waals surface area contributed by atoms with E-state index < -0.39 is 5.41 Å². The van der Waals surface area contributed by atoms with Crippen LogP contribution in [0.1, 0.15) is 38.4 Å². The Bertz CT molecular complexity index is 1660. The molecule has 0 N–H and O–H groups in total. The summed E-state index contributed by atoms with van der Waals surface area (Å²) in [4.78, 5) is 43.3. The zero-order chi connectivity index (χ0) is 33.0. The molecule has 1 saturated heterocycles. The van der Waals surface area contributed by atoms with Crippen LogP contribution in [-0.4, -0.2) is 91.1 Å². The topological polar surface area (TPSA) is 115 Å². The van der Waals surface area contributed by atoms with Crippen LogP contribution in [0.3, 0.4) is 0 Å². The van der Waals surface area contributed by atoms with Gasteiger partial charge in [0.15, 0.2) is 0 Å². The SMILES string of the molecule is C=CC(=O)N1CCN(c2nc(OCCN(C)C)nc3c2CCN(c2cc(OC(=O)C(C)(C)C)cc4ccccc24)C3)CC1CC#N. The number of amides is 1. The molecule has 1 fully saturated rings. The molecule has 1 amide bonds. The van der Waals surface area contributed by atoms with E-state index in [1.807, 2.05) is 70.1 Å². The number of nitrogens with zero attached hydrogens (tertiary/aromatic N) is 7. The van der Waals surface area contributed by atoms with Crippen molar-refractivity contribution in [1.29, 1.82) is 5.26 Å². The smallest absolute Gasteiger partial charge is 0.318 e. The van der Waals surface area contributed by atoms with Crippen LogP contribution >= 0.6 is 0 Å². The third-order valence-electron chi connectivity index (χ3n) is 8.34. The van der Waals surface area contributed by atoms with Gasteiger partial charge in [-0.15, -0.1) is 0 Å². The minimum absolute atomic E-state index is 0.171. The van der Waals surface area contributed by atoms with E-state index in [2.05, 4.69) is 28.5 Å². The van der Waals surface area contributed by atoms with Crippen molar-refractivity contribution in [2.24, 2.45) is 5.41 Å². The van der Waals surface area contributed by atoms with Crippen LogP contribution in [0.5, 0.6) is 11.8 Å². The Hall–Kier alpha value is -4.69. The number of aromatic nitrogens is 2. The monoisotopic (exact) mass is 625 g/mol. The molecule has 0 spiro atoms. The summed E-state index contributed by atoms with van der Waals surface area (Å²) in [5.74, 6) is 0.830. The molecular formula is C35H43N7O4. The Balaban J connectivity index is 1.51. The van der Waals surface area contributed by atoms with Crippen molar-refractivity contribution in [2.75, 3.05) is 63.2 Å². The fourth-order valence-corrected chi connectivity index (χ4v) is 5.82. The minimum atomic E-state index is -0.636. The first kappa shape index (κ1) is 32.7. The molecule has 0 radical (unpaired) electrons. The zero-order valence-electron chi connectivity index (χ0n) is 27.5. The number of piperazine rings is 1. The summed E-state index contributed by atoms with van der Waals surface area (Å²) in [6, 6.07) is 14.2. The Morgan fingerprint density at radius 2 is 1.91 bits per heavy atom. The van der Waals surface area contributed by atoms with E-state index in [0.29, 0.717) is 64.1 Å². The molecule has 1 aromatic heterocycles. The fourth-order valence-electron chi connectivity index (χ4n) is 5.82. The highest BCUT2D eigenvalue weighted by molar-refractivity contribution is 5.96. The Morgan fingerprint density at radius 1 is 1.13 bits per heavy atom. The third-order valence-corrected chi connectivity index (χ3v) is 8.34. The van der Waals surface area contributed by atoms with Gasteiger partial charge in [0.1, 0.15) is 18.2 Å². The average Bonchev–Trinajstić information content (AvgIpc) is 3.03. The lowest BCUT2D eigenvalue weighted by molar-refractivity contribution is -0.143. The van der Waals surface area contributed by atoms with Gasteiger partial charge < -0.3 is 29.1 Å². The molecule has 3 heterocycles. The van der Waals surface area contributed by atoms with Gasteiger partial charge >= 0.3 is 12.0 Å². The summed E-state index contributed by atoms with van der Waals surface area (Å²) in [5, 5.41) is 11.6. The summed E-state index contributed by atoms with van der Waals surface area (Å²) in [5.41, 5.74) is 2.22. The molecule has 2 aromatic carbocycles. The normalized spacial score (nSPS) is 16.6. The number of carbonyl (C=O) groups excluding carboxylic acids is 2. The van der Waals surface area contributed by atoms with Gasteiger partial charge in [0.2, 0.25) is 5.91 Å². The van der Waals surface area contributed by atoms with Gasteiger partial charge in [0.05, 0.1) is 36.2 Å². The van der Waals surface area contributed by atoms with Crippen molar-refractivity contribution in [3.8, 4) is 17.8 Å². The lowest BCUT2D eigenvalue weighted by Crippen LogP contribution is -2.55. The molecule has 0 bridgehead atoms. The number of ether oxygens (including phenoxy) is 2. The van der Waals surface area contributed by atoms with Crippen molar-refractivity contribution in [3.63, 3.8) is 0 Å². The second-order valence-electron chi connectivity index (χ2n) is 13.1. The standard InChI is InChI=1S/C35H43N7O4/c1-7-31(43)42-17-16-41(22-25(42)12-14-36)32-28-13-15-40(23-29(28)37-34(38-32)45-19-18-39(5)6)30-21-26(46-33(44)35(2,3)4)20-24-10-8-9-11-27(24)30/h7-11,20-21,25H,1,12-13,15-19,22-23H2,2-6H3. The molecule has 3 aromatic rings. The zero-order valence-corrected chi connectivity index (χ0v) is 27.5. The van der Waals surface area contributed by atoms with Crippen LogP contribution in [-0.2, 0) is 22.6 Å². The van der Waals surface area contributed by atoms with Crippen LogP contribution < -0.4 is 19.3 Å². The minimum Gasteiger partial charge on any atom is -0.462 e. The van der Waals surface area contributed by atoms with Gasteiger partial charge in [0.25, 0.3) is 0 Å². The van der Waals surface area contributed by atoms with Crippen LogP contribution in [0.4, 0.5) is 11.5 Å². The first-order valence-electron chi connectivity index (χ1n) is 15.7. The maximum Gasteiger partial charge on any atom is 0.318 e. The van der Waals surface area contributed by atoms with Crippen molar-refractivity contribution in [2.45, 2.75) is 46.2 Å². The maximum atomic E-state index is 12.8. The molecule has 1 atom stereocenters. The van der Waals surface area contributed by atoms with Crippen LogP contribution in [0.15, 0.2) is 49.1 Å². The van der Waals surface area contributed by atoms with Gasteiger partial charge in [-0.1, -0.05) is 30.8 Å². The Labute approximate surface area is 271 Å². The van der Waals surface area contributed by atoms with Crippen molar-refractivity contribution < 1.29 is 19.1 Å². The van der Waals surface area contributed by atoms with E-state index in [4.69, 9.17) is 19.4 Å². The van der Waals surface area contributed by atoms with E-state index in [-0.39, 0.29) is 24.3 Å². The van der Waals surface area contributed by atoms with Crippen molar-refractivity contribution in [3.05, 3.63) is 60.3 Å². The maximum absolute atomic E-state index is 12.8. The van der Waals surface area contributed by atoms with Gasteiger partial charge in [-0.3, -0.25) is 9.59 Å². The number of esters is 1. The number of rotatable bonds is 9. The number of anilines is 2. The number of carbonyl (C=O) groups is 2. The molecule has 5 rings (SSSR count). The number of hydrogen-bond donors (Lipinski definition) is 0. The highest BCUT2D eigenvalue weighted by atomic mass is 16.5. The number of hydrogen-bond acceptors (Lipinski definition) is 10. The number of likely N-dealkylation sites (N-methyl/N-ethyl adjacent to an activating group) is 1. The van der Waals surface area contributed by atoms with E-state index in [9.17, 15) is 14.9 Å². The predicted octanol–water partition coefficient (Wildman–Crippen LogP) is 4.20. The van der Waals surface area contributed by atoms with Gasteiger partial charge in [-0.05, 0) is 58.8 Å². The summed E-state index contributed by atoms with van der Waals surface area (Å²) >= 11 is 0. The summed E-state index contributed by atoms with van der Waals surface area (Å²) in [7, 11) is 3.97. The first-order valence-corrected chi connectivity index (χ1v) is 15.7. The quantitative estimate of drug-likeness (QED) is 0.195. The molecule has 0 saturated carbocycles. The van der Waals surface area contributed by atoms with Crippen molar-refractivity contribution >= 4 is 34.2 Å². The molecule has 1 unspecified atom stereocenters. The molecule has 11 nitrogen and oxygen atoms in total. The molecule has 2 aliphatic rings. The summed E-state index contributed by atoms with van der Waals surface area (Å²) < 4.78 is 11.9. The fraction of sp³-hybridized carbons (Fsp3) is 0.457. The second kappa shape index (κ2) is 13.7. The summed E-state index contributed by atoms with van der Waals surface area (Å²) in [6.45, 7) is 13.0. The molecule has 46 heavy (non-hydrogen) atoms. The largest absolute Gasteiger partial charge is 0.462 e. The first-order chi connectivity index (χ1) is 22.0. The number of benzene rings is 2. The average molecular weight is 626 g/mol. The Morgan fingerprint density at radius 3 is 2.63 bits per heavy atom. The molecule has 242 valence electrons. The van der Waals surface area contributed by atoms with E-state index in [1.54, 1.807) is 4.90 Å². The summed E-state index contributed by atoms with van der Waals surface area (Å²) in [6.07, 6.45) is 2.20. The van der Waals surface area contributed by atoms with E-state index >= 15 is 0 Å². The highest BCUT2D eigenvalue weighted by Crippen LogP contribution is 2.37. The lowest BCUT2D eigenvalue weighted by atomic mass is 9.97. The van der Waals surface area contributed by atoms with Crippen LogP contribution in [0.25, 0.3) is 10.8 Å². The lowest BCUT2D eigenvalue weighted by Gasteiger charge is -2.42. The van der Waals surface area contributed by atoms with Gasteiger partial charge in [-0.2, -0.15) is 15.2 Å². The number of fused-ring (bicyclic) bond motifs is 2. The van der Waals surface area contributed by atoms with Crippen molar-refractivity contribution in [1.82, 2.24) is 19.8 Å². The van der Waals surface area contributed by atoms with Crippen LogP contribution in [0, 0.1) is 16.7 Å². The van der Waals surface area contributed by atoms with Crippen LogP contribution in [0.2, 0.25) is 0 Å². The van der Waals surface area contributed by atoms with E-state index in [1.165, 1.54) is 6.08 Å².